The van der Waals surface area contributed by atoms with Crippen LogP contribution in [0.1, 0.15) is 44.1 Å². The first-order valence-corrected chi connectivity index (χ1v) is 9.45. The van der Waals surface area contributed by atoms with E-state index in [4.69, 9.17) is 4.74 Å². The topological polar surface area (TPSA) is 46.6 Å². The number of carbonyl (C=O) groups excluding carboxylic acids is 2. The molecule has 2 atom stereocenters. The van der Waals surface area contributed by atoms with Crippen LogP contribution in [0.15, 0.2) is 30.3 Å². The van der Waals surface area contributed by atoms with Crippen LogP contribution in [-0.4, -0.2) is 35.7 Å². The molecule has 148 valence electrons. The number of rotatable bonds is 5. The van der Waals surface area contributed by atoms with E-state index < -0.39 is 42.5 Å². The van der Waals surface area contributed by atoms with Crippen molar-refractivity contribution < 1.29 is 27.5 Å². The van der Waals surface area contributed by atoms with E-state index in [0.29, 0.717) is 19.3 Å². The normalized spacial score (nSPS) is 22.6. The van der Waals surface area contributed by atoms with Crippen LogP contribution in [-0.2, 0) is 16.0 Å². The fourth-order valence-electron chi connectivity index (χ4n) is 4.18. The van der Waals surface area contributed by atoms with Gasteiger partial charge in [-0.25, -0.2) is 9.69 Å². The first kappa shape index (κ1) is 19.7. The lowest BCUT2D eigenvalue weighted by molar-refractivity contribution is -0.196. The van der Waals surface area contributed by atoms with E-state index in [-0.39, 0.29) is 6.61 Å². The molecule has 1 aliphatic carbocycles. The summed E-state index contributed by atoms with van der Waals surface area (Å²) in [6.07, 6.45) is -2.19. The Kier molecular flexibility index (Phi) is 6.07. The molecule has 0 N–H and O–H groups in total. The summed E-state index contributed by atoms with van der Waals surface area (Å²) in [6.45, 7) is 0.0135. The molecule has 0 aromatic heterocycles. The van der Waals surface area contributed by atoms with Gasteiger partial charge in [-0.05, 0) is 30.7 Å². The number of amides is 2. The molecule has 0 bridgehead atoms. The minimum Gasteiger partial charge on any atom is -0.447 e. The highest BCUT2D eigenvalue weighted by molar-refractivity contribution is 5.93. The lowest BCUT2D eigenvalue weighted by Crippen LogP contribution is -2.43. The predicted octanol–water partition coefficient (Wildman–Crippen LogP) is 4.73. The van der Waals surface area contributed by atoms with Gasteiger partial charge in [0, 0.05) is 6.42 Å². The fraction of sp³-hybridized carbons (Fsp3) is 0.600. The molecule has 1 saturated carbocycles. The van der Waals surface area contributed by atoms with Crippen molar-refractivity contribution in [1.29, 1.82) is 0 Å². The van der Waals surface area contributed by atoms with E-state index >= 15 is 0 Å². The molecule has 4 nitrogen and oxygen atoms in total. The van der Waals surface area contributed by atoms with Crippen molar-refractivity contribution in [3.63, 3.8) is 0 Å². The summed E-state index contributed by atoms with van der Waals surface area (Å²) in [5.41, 5.74) is 0.901. The third-order valence-electron chi connectivity index (χ3n) is 5.58. The molecule has 2 aliphatic rings. The molecule has 0 radical (unpaired) electrons. The van der Waals surface area contributed by atoms with Gasteiger partial charge in [-0.15, -0.1) is 0 Å². The van der Waals surface area contributed by atoms with E-state index in [0.717, 1.165) is 29.7 Å². The van der Waals surface area contributed by atoms with E-state index in [9.17, 15) is 22.8 Å². The van der Waals surface area contributed by atoms with Crippen molar-refractivity contribution >= 4 is 12.0 Å². The number of imide groups is 1. The summed E-state index contributed by atoms with van der Waals surface area (Å²) in [4.78, 5) is 25.6. The van der Waals surface area contributed by atoms with Crippen molar-refractivity contribution in [2.75, 3.05) is 6.61 Å². The number of benzene rings is 1. The Morgan fingerprint density at radius 1 is 1.15 bits per heavy atom. The average molecular weight is 383 g/mol. The highest BCUT2D eigenvalue weighted by Gasteiger charge is 2.48. The van der Waals surface area contributed by atoms with Crippen LogP contribution in [0.25, 0.3) is 0 Å². The van der Waals surface area contributed by atoms with Gasteiger partial charge in [0.2, 0.25) is 5.91 Å². The van der Waals surface area contributed by atoms with Crippen LogP contribution in [0.4, 0.5) is 18.0 Å². The predicted molar refractivity (Wildman–Crippen MR) is 92.9 cm³/mol. The van der Waals surface area contributed by atoms with Crippen LogP contribution >= 0.6 is 0 Å². The molecule has 1 heterocycles. The molecular formula is C20H24F3NO3. The second-order valence-electron chi connectivity index (χ2n) is 7.43. The number of ether oxygens (including phenoxy) is 1. The van der Waals surface area contributed by atoms with E-state index in [1.807, 2.05) is 30.3 Å². The first-order chi connectivity index (χ1) is 12.9. The maximum Gasteiger partial charge on any atom is 0.416 e. The molecule has 3 rings (SSSR count). The van der Waals surface area contributed by atoms with E-state index in [1.54, 1.807) is 0 Å². The Morgan fingerprint density at radius 3 is 2.44 bits per heavy atom. The van der Waals surface area contributed by atoms with Crippen molar-refractivity contribution in [3.8, 4) is 0 Å². The minimum absolute atomic E-state index is 0.0135. The molecule has 1 aromatic rings. The third-order valence-corrected chi connectivity index (χ3v) is 5.58. The Balaban J connectivity index is 1.72. The lowest BCUT2D eigenvalue weighted by Gasteiger charge is -2.32. The number of halogens is 3. The molecule has 7 heteroatoms. The van der Waals surface area contributed by atoms with Gasteiger partial charge in [0.15, 0.2) is 0 Å². The maximum absolute atomic E-state index is 13.6. The van der Waals surface area contributed by atoms with Crippen LogP contribution in [0, 0.1) is 11.8 Å². The highest BCUT2D eigenvalue weighted by Crippen LogP contribution is 2.42. The quantitative estimate of drug-likeness (QED) is 0.739. The minimum atomic E-state index is -4.45. The monoisotopic (exact) mass is 383 g/mol. The zero-order valence-electron chi connectivity index (χ0n) is 15.1. The Hall–Kier alpha value is -2.05. The van der Waals surface area contributed by atoms with Crippen LogP contribution in [0.2, 0.25) is 0 Å². The number of nitrogens with zero attached hydrogens (tertiary/aromatic N) is 1. The van der Waals surface area contributed by atoms with Gasteiger partial charge in [-0.1, -0.05) is 49.6 Å². The standard InChI is InChI=1S/C20H24F3NO3/c21-20(22,23)17(15-9-5-2-6-10-15)12-18(25)24-16(13-27-19(24)26)11-14-7-3-1-4-8-14/h1,3-4,7-8,15-17H,2,5-6,9-13H2/t16-,17-/m1/s1. The van der Waals surface area contributed by atoms with Crippen molar-refractivity contribution in [2.45, 2.75) is 57.2 Å². The maximum atomic E-state index is 13.6. The molecule has 1 aliphatic heterocycles. The van der Waals surface area contributed by atoms with Crippen LogP contribution < -0.4 is 0 Å². The molecule has 27 heavy (non-hydrogen) atoms. The lowest BCUT2D eigenvalue weighted by atomic mass is 9.78. The number of alkyl halides is 3. The van der Waals surface area contributed by atoms with Gasteiger partial charge in [0.05, 0.1) is 12.0 Å². The molecule has 1 saturated heterocycles. The summed E-state index contributed by atoms with van der Waals surface area (Å²) < 4.78 is 45.8. The third kappa shape index (κ3) is 4.82. The SMILES string of the molecule is O=C(C[C@H](C1CCCCC1)C(F)(F)F)N1C(=O)OC[C@H]1Cc1ccccc1. The number of carbonyl (C=O) groups is 2. The molecular weight excluding hydrogens is 359 g/mol. The first-order valence-electron chi connectivity index (χ1n) is 9.45. The van der Waals surface area contributed by atoms with Gasteiger partial charge < -0.3 is 4.74 Å². The summed E-state index contributed by atoms with van der Waals surface area (Å²) in [5.74, 6) is -3.03. The summed E-state index contributed by atoms with van der Waals surface area (Å²) >= 11 is 0. The Bertz CT molecular complexity index is 656. The van der Waals surface area contributed by atoms with Crippen molar-refractivity contribution in [3.05, 3.63) is 35.9 Å². The zero-order valence-corrected chi connectivity index (χ0v) is 15.1. The Morgan fingerprint density at radius 2 is 1.81 bits per heavy atom. The Labute approximate surface area is 156 Å². The molecule has 1 aromatic carbocycles. The number of hydrogen-bond donors (Lipinski definition) is 0. The zero-order chi connectivity index (χ0) is 19.4. The molecule has 2 amide bonds. The van der Waals surface area contributed by atoms with Crippen LogP contribution in [0.3, 0.4) is 0 Å². The van der Waals surface area contributed by atoms with Gasteiger partial charge >= 0.3 is 12.3 Å². The summed E-state index contributed by atoms with van der Waals surface area (Å²) in [5, 5.41) is 0. The van der Waals surface area contributed by atoms with Gasteiger partial charge in [-0.2, -0.15) is 13.2 Å². The fourth-order valence-corrected chi connectivity index (χ4v) is 4.18. The van der Waals surface area contributed by atoms with Crippen molar-refractivity contribution in [1.82, 2.24) is 4.90 Å². The highest BCUT2D eigenvalue weighted by atomic mass is 19.4. The average Bonchev–Trinajstić information content (AvgIpc) is 3.00. The van der Waals surface area contributed by atoms with Gasteiger partial charge in [0.25, 0.3) is 0 Å². The number of hydrogen-bond acceptors (Lipinski definition) is 3. The van der Waals surface area contributed by atoms with Gasteiger partial charge in [0.1, 0.15) is 6.61 Å². The summed E-state index contributed by atoms with van der Waals surface area (Å²) in [7, 11) is 0. The van der Waals surface area contributed by atoms with E-state index in [1.165, 1.54) is 0 Å². The van der Waals surface area contributed by atoms with E-state index in [2.05, 4.69) is 0 Å². The largest absolute Gasteiger partial charge is 0.447 e. The second-order valence-corrected chi connectivity index (χ2v) is 7.43. The molecule has 0 unspecified atom stereocenters. The smallest absolute Gasteiger partial charge is 0.416 e. The molecule has 2 fully saturated rings. The number of cyclic esters (lactones) is 1. The summed E-state index contributed by atoms with van der Waals surface area (Å²) in [6, 6.07) is 8.66. The van der Waals surface area contributed by atoms with Gasteiger partial charge in [-0.3, -0.25) is 4.79 Å². The molecule has 0 spiro atoms. The second kappa shape index (κ2) is 8.31. The van der Waals surface area contributed by atoms with Crippen molar-refractivity contribution in [2.24, 2.45) is 11.8 Å². The van der Waals surface area contributed by atoms with Crippen LogP contribution in [0.5, 0.6) is 0 Å².